The Balaban J connectivity index is 2.98. The monoisotopic (exact) mass is 532 g/mol. The topological polar surface area (TPSA) is 167 Å². The molecule has 0 saturated carbocycles. The number of anilines is 1. The number of ether oxygens (including phenoxy) is 2. The lowest BCUT2D eigenvalue weighted by Crippen LogP contribution is -2.49. The van der Waals surface area contributed by atoms with E-state index in [1.54, 1.807) is 20.8 Å². The maximum Gasteiger partial charge on any atom is 0.573 e. The third-order valence-electron chi connectivity index (χ3n) is 3.94. The lowest BCUT2D eigenvalue weighted by Gasteiger charge is -2.21. The quantitative estimate of drug-likeness (QED) is 0.251. The molecular weight excluding hydrogens is 505 g/mol. The lowest BCUT2D eigenvalue weighted by molar-refractivity contribution is -0.274. The molecule has 1 aromatic carbocycles. The molecule has 0 radical (unpaired) electrons. The number of nitrogens with zero attached hydrogens (tertiary/aromatic N) is 1. The minimum Gasteiger partial charge on any atom is -0.464 e. The predicted molar refractivity (Wildman–Crippen MR) is 122 cm³/mol. The number of nitrogens with one attached hydrogen (secondary N) is 3. The summed E-state index contributed by atoms with van der Waals surface area (Å²) in [4.78, 5) is 48.2. The van der Waals surface area contributed by atoms with Crippen molar-refractivity contribution in [3.63, 3.8) is 0 Å². The minimum absolute atomic E-state index is 0.120. The number of rotatable bonds is 8. The highest BCUT2D eigenvalue weighted by atomic mass is 19.4. The van der Waals surface area contributed by atoms with Gasteiger partial charge in [0.15, 0.2) is 0 Å². The number of aliphatic hydroxyl groups excluding tert-OH is 1. The van der Waals surface area contributed by atoms with E-state index in [2.05, 4.69) is 27.2 Å². The van der Waals surface area contributed by atoms with Crippen LogP contribution in [-0.4, -0.2) is 70.4 Å². The van der Waals surface area contributed by atoms with Crippen LogP contribution in [0.4, 0.5) is 28.4 Å². The van der Waals surface area contributed by atoms with Crippen LogP contribution in [0.1, 0.15) is 44.5 Å². The molecule has 0 aromatic heterocycles. The second kappa shape index (κ2) is 13.2. The van der Waals surface area contributed by atoms with Crippen LogP contribution in [-0.2, 0) is 9.53 Å². The van der Waals surface area contributed by atoms with E-state index < -0.39 is 59.9 Å². The van der Waals surface area contributed by atoms with Gasteiger partial charge in [0.2, 0.25) is 0 Å². The summed E-state index contributed by atoms with van der Waals surface area (Å²) >= 11 is 0. The molecule has 15 heteroatoms. The molecule has 0 fully saturated rings. The van der Waals surface area contributed by atoms with Crippen LogP contribution < -0.4 is 20.8 Å². The van der Waals surface area contributed by atoms with Gasteiger partial charge in [0, 0.05) is 13.0 Å². The number of hydrogen-bond donors (Lipinski definition) is 5. The zero-order valence-corrected chi connectivity index (χ0v) is 20.4. The van der Waals surface area contributed by atoms with E-state index >= 15 is 0 Å². The van der Waals surface area contributed by atoms with Crippen molar-refractivity contribution in [3.05, 3.63) is 23.8 Å². The number of benzene rings is 1. The molecule has 4 amide bonds. The SMILES string of the molecule is CC#C[C@@H](O)CCN(NC(=O)CNC(=O)c1cc(OC(F)(F)F)ccc1NC(=O)OC(C)(C)C)C(=O)O. The van der Waals surface area contributed by atoms with Gasteiger partial charge in [-0.15, -0.1) is 19.1 Å². The molecule has 0 spiro atoms. The summed E-state index contributed by atoms with van der Waals surface area (Å²) < 4.78 is 46.7. The molecule has 0 bridgehead atoms. The van der Waals surface area contributed by atoms with Gasteiger partial charge in [0.25, 0.3) is 11.8 Å². The highest BCUT2D eigenvalue weighted by Gasteiger charge is 2.32. The second-order valence-corrected chi connectivity index (χ2v) is 8.23. The predicted octanol–water partition coefficient (Wildman–Crippen LogP) is 2.45. The third-order valence-corrected chi connectivity index (χ3v) is 3.94. The Kier molecular flexibility index (Phi) is 11.0. The van der Waals surface area contributed by atoms with Crippen molar-refractivity contribution in [1.29, 1.82) is 0 Å². The van der Waals surface area contributed by atoms with Gasteiger partial charge in [0.1, 0.15) is 17.5 Å². The molecule has 1 atom stereocenters. The Morgan fingerprint density at radius 1 is 1.16 bits per heavy atom. The number of carbonyl (C=O) groups excluding carboxylic acids is 3. The largest absolute Gasteiger partial charge is 0.573 e. The number of hydrazine groups is 1. The van der Waals surface area contributed by atoms with Crippen LogP contribution in [0.2, 0.25) is 0 Å². The molecule has 0 unspecified atom stereocenters. The fraction of sp³-hybridized carbons (Fsp3) is 0.455. The summed E-state index contributed by atoms with van der Waals surface area (Å²) in [6.45, 7) is 5.05. The summed E-state index contributed by atoms with van der Waals surface area (Å²) in [6.07, 6.45) is -8.88. The van der Waals surface area contributed by atoms with E-state index in [9.17, 15) is 42.6 Å². The Labute approximate surface area is 210 Å². The van der Waals surface area contributed by atoms with E-state index in [4.69, 9.17) is 4.74 Å². The molecule has 12 nitrogen and oxygen atoms in total. The Bertz CT molecular complexity index is 1060. The van der Waals surface area contributed by atoms with Crippen LogP contribution in [0.3, 0.4) is 0 Å². The van der Waals surface area contributed by atoms with Gasteiger partial charge >= 0.3 is 18.5 Å². The Hall–Kier alpha value is -4.19. The van der Waals surface area contributed by atoms with Gasteiger partial charge in [-0.25, -0.2) is 14.6 Å². The first-order valence-electron chi connectivity index (χ1n) is 10.6. The van der Waals surface area contributed by atoms with Gasteiger partial charge in [0.05, 0.1) is 17.8 Å². The van der Waals surface area contributed by atoms with Crippen molar-refractivity contribution in [3.8, 4) is 17.6 Å². The van der Waals surface area contributed by atoms with Gasteiger partial charge in [-0.2, -0.15) is 0 Å². The highest BCUT2D eigenvalue weighted by molar-refractivity contribution is 6.04. The summed E-state index contributed by atoms with van der Waals surface area (Å²) in [6, 6.07) is 2.51. The number of carboxylic acid groups (broad SMARTS) is 1. The Morgan fingerprint density at radius 2 is 1.81 bits per heavy atom. The van der Waals surface area contributed by atoms with E-state index in [1.807, 2.05) is 5.43 Å². The van der Waals surface area contributed by atoms with Gasteiger partial charge in [-0.3, -0.25) is 20.3 Å². The lowest BCUT2D eigenvalue weighted by atomic mass is 10.1. The van der Waals surface area contributed by atoms with E-state index in [-0.39, 0.29) is 18.7 Å². The molecule has 0 heterocycles. The van der Waals surface area contributed by atoms with Crippen LogP contribution in [0, 0.1) is 11.8 Å². The van der Waals surface area contributed by atoms with Crippen LogP contribution in [0.5, 0.6) is 5.75 Å². The minimum atomic E-state index is -5.07. The summed E-state index contributed by atoms with van der Waals surface area (Å²) in [5.74, 6) is 1.97. The number of alkyl halides is 3. The summed E-state index contributed by atoms with van der Waals surface area (Å²) in [5.41, 5.74) is 0.323. The molecular formula is C22H27F3N4O8. The number of carbonyl (C=O) groups is 4. The summed E-state index contributed by atoms with van der Waals surface area (Å²) in [5, 5.41) is 23.6. The second-order valence-electron chi connectivity index (χ2n) is 8.23. The molecule has 0 saturated heterocycles. The van der Waals surface area contributed by atoms with Crippen LogP contribution in [0.25, 0.3) is 0 Å². The molecule has 1 aromatic rings. The van der Waals surface area contributed by atoms with Gasteiger partial charge < -0.3 is 25.0 Å². The van der Waals surface area contributed by atoms with E-state index in [0.717, 1.165) is 12.1 Å². The van der Waals surface area contributed by atoms with Crippen molar-refractivity contribution in [1.82, 2.24) is 15.8 Å². The fourth-order valence-electron chi connectivity index (χ4n) is 2.57. The van der Waals surface area contributed by atoms with Crippen molar-refractivity contribution in [2.45, 2.75) is 52.2 Å². The molecule has 1 rings (SSSR count). The molecule has 0 aliphatic heterocycles. The van der Waals surface area contributed by atoms with Crippen molar-refractivity contribution < 1.29 is 52.0 Å². The van der Waals surface area contributed by atoms with Crippen molar-refractivity contribution in [2.24, 2.45) is 0 Å². The van der Waals surface area contributed by atoms with Gasteiger partial charge in [-0.1, -0.05) is 5.92 Å². The van der Waals surface area contributed by atoms with Crippen LogP contribution in [0.15, 0.2) is 18.2 Å². The molecule has 0 aliphatic rings. The number of hydrogen-bond acceptors (Lipinski definition) is 7. The third kappa shape index (κ3) is 12.4. The average Bonchev–Trinajstić information content (AvgIpc) is 2.73. The smallest absolute Gasteiger partial charge is 0.464 e. The zero-order valence-electron chi connectivity index (χ0n) is 20.4. The zero-order chi connectivity index (χ0) is 28.4. The average molecular weight is 532 g/mol. The van der Waals surface area contributed by atoms with E-state index in [1.165, 1.54) is 6.92 Å². The standard InChI is InChI=1S/C22H27F3N4O8/c1-5-6-13(30)9-10-29(20(34)35)28-17(31)12-26-18(32)15-11-14(36-22(23,24)25)7-8-16(15)27-19(33)37-21(2,3)4/h7-8,11,13,30H,9-10,12H2,1-4H3,(H,26,32)(H,27,33)(H,28,31)(H,34,35)/t13-/m1/s1. The number of aliphatic hydroxyl groups is 1. The van der Waals surface area contributed by atoms with Crippen molar-refractivity contribution in [2.75, 3.05) is 18.4 Å². The first kappa shape index (κ1) is 30.8. The Morgan fingerprint density at radius 3 is 2.35 bits per heavy atom. The summed E-state index contributed by atoms with van der Waals surface area (Å²) in [7, 11) is 0. The van der Waals surface area contributed by atoms with E-state index in [0.29, 0.717) is 11.1 Å². The number of amides is 4. The maximum atomic E-state index is 12.7. The highest BCUT2D eigenvalue weighted by Crippen LogP contribution is 2.27. The first-order chi connectivity index (χ1) is 17.0. The van der Waals surface area contributed by atoms with Gasteiger partial charge in [-0.05, 0) is 45.9 Å². The number of halogens is 3. The molecule has 0 aliphatic carbocycles. The van der Waals surface area contributed by atoms with Crippen LogP contribution >= 0.6 is 0 Å². The molecule has 37 heavy (non-hydrogen) atoms. The molecule has 5 N–H and O–H groups in total. The first-order valence-corrected chi connectivity index (χ1v) is 10.6. The molecule has 204 valence electrons. The fourth-order valence-corrected chi connectivity index (χ4v) is 2.57. The maximum absolute atomic E-state index is 12.7. The normalized spacial score (nSPS) is 11.8. The van der Waals surface area contributed by atoms with Crippen molar-refractivity contribution >= 4 is 29.7 Å².